The van der Waals surface area contributed by atoms with E-state index in [1.54, 1.807) is 48.2 Å². The maximum Gasteiger partial charge on any atom is 0.251 e. The average Bonchev–Trinajstić information content (AvgIpc) is 3.64. The Morgan fingerprint density at radius 3 is 2.38 bits per heavy atom. The van der Waals surface area contributed by atoms with Crippen molar-refractivity contribution in [1.82, 2.24) is 31.1 Å². The van der Waals surface area contributed by atoms with Crippen molar-refractivity contribution in [3.05, 3.63) is 83.4 Å². The Morgan fingerprint density at radius 2 is 1.64 bits per heavy atom. The van der Waals surface area contributed by atoms with Gasteiger partial charge in [0, 0.05) is 62.8 Å². The van der Waals surface area contributed by atoms with Gasteiger partial charge in [-0.25, -0.2) is 0 Å². The van der Waals surface area contributed by atoms with Crippen molar-refractivity contribution in [1.29, 1.82) is 0 Å². The Kier molecular flexibility index (Phi) is 15.9. The molecule has 1 fully saturated rings. The second kappa shape index (κ2) is 21.4. The second-order valence-electron chi connectivity index (χ2n) is 14.4. The van der Waals surface area contributed by atoms with Crippen molar-refractivity contribution in [3.63, 3.8) is 0 Å². The minimum absolute atomic E-state index is 0.0772. The van der Waals surface area contributed by atoms with Crippen molar-refractivity contribution in [2.75, 3.05) is 46.9 Å². The van der Waals surface area contributed by atoms with E-state index in [9.17, 15) is 28.8 Å². The molecule has 2 atom stereocenters. The third-order valence-electron chi connectivity index (χ3n) is 10.2. The molecule has 15 heteroatoms. The monoisotopic (exact) mass is 798 g/mol. The highest BCUT2D eigenvalue weighted by Gasteiger charge is 2.27. The molecule has 6 rings (SSSR count). The van der Waals surface area contributed by atoms with E-state index in [0.29, 0.717) is 85.9 Å². The zero-order valence-electron chi connectivity index (χ0n) is 33.5. The first-order chi connectivity index (χ1) is 28.0. The number of nitrogens with one attached hydrogen (secondary N) is 4. The van der Waals surface area contributed by atoms with E-state index in [1.807, 2.05) is 30.3 Å². The SMILES string of the molecule is COc1cc2ccc1CNC(=O)[C@H](C)NC(=O)[C@H](CCc1ccccc1)NC(=O)CN(C(=O)CCCN1CCCC1=O)CCCCNC(=O)c1ccc(OC)c(c1)O2. The van der Waals surface area contributed by atoms with Gasteiger partial charge in [0.25, 0.3) is 5.91 Å². The molecule has 3 heterocycles. The summed E-state index contributed by atoms with van der Waals surface area (Å²) in [6.07, 6.45) is 3.59. The Morgan fingerprint density at radius 1 is 0.845 bits per heavy atom. The fourth-order valence-electron chi connectivity index (χ4n) is 6.86. The van der Waals surface area contributed by atoms with Crippen molar-refractivity contribution in [3.8, 4) is 23.0 Å². The molecule has 0 radical (unpaired) electrons. The van der Waals surface area contributed by atoms with E-state index in [1.165, 1.54) is 19.1 Å². The molecule has 0 aliphatic carbocycles. The van der Waals surface area contributed by atoms with Crippen LogP contribution in [-0.2, 0) is 36.9 Å². The van der Waals surface area contributed by atoms with Crippen LogP contribution in [0.5, 0.6) is 23.0 Å². The molecule has 58 heavy (non-hydrogen) atoms. The maximum absolute atomic E-state index is 13.7. The smallest absolute Gasteiger partial charge is 0.251 e. The number of aryl methyl sites for hydroxylation is 1. The average molecular weight is 799 g/mol. The molecular weight excluding hydrogens is 745 g/mol. The van der Waals surface area contributed by atoms with Gasteiger partial charge in [0.2, 0.25) is 29.5 Å². The quantitative estimate of drug-likeness (QED) is 0.236. The molecule has 0 unspecified atom stereocenters. The summed E-state index contributed by atoms with van der Waals surface area (Å²) in [5.74, 6) is -0.489. The first-order valence-corrected chi connectivity index (χ1v) is 19.8. The van der Waals surface area contributed by atoms with Crippen molar-refractivity contribution >= 4 is 35.4 Å². The Hall–Kier alpha value is -6.12. The summed E-state index contributed by atoms with van der Waals surface area (Å²) >= 11 is 0. The van der Waals surface area contributed by atoms with Crippen LogP contribution in [-0.4, -0.2) is 104 Å². The standard InChI is InChI=1S/C43H54N6O9/c1-29-41(53)45-27-32-16-18-33(26-36(32)57-3)58-37-25-31(17-20-35(37)56-2)42(54)44-21-7-8-22-49(40(52)14-10-24-48-23-9-13-39(48)51)28-38(50)47-34(43(55)46-29)19-15-30-11-5-4-6-12-30/h4-6,11-12,16-18,20,25-26,29,34H,7-10,13-15,19,21-24,27-28H2,1-3H3,(H,44,54)(H,45,53)(H,46,55)(H,47,50)/t29-,34-/m0/s1. The predicted octanol–water partition coefficient (Wildman–Crippen LogP) is 3.49. The Bertz CT molecular complexity index is 1920. The van der Waals surface area contributed by atoms with Crippen LogP contribution in [0.2, 0.25) is 0 Å². The number of amides is 6. The van der Waals surface area contributed by atoms with Crippen molar-refractivity contribution < 1.29 is 43.0 Å². The lowest BCUT2D eigenvalue weighted by Gasteiger charge is -2.25. The first kappa shape index (κ1) is 43.0. The lowest BCUT2D eigenvalue weighted by atomic mass is 10.0. The molecule has 3 aliphatic heterocycles. The van der Waals surface area contributed by atoms with Crippen LogP contribution in [0.15, 0.2) is 66.7 Å². The van der Waals surface area contributed by atoms with Gasteiger partial charge >= 0.3 is 0 Å². The zero-order chi connectivity index (χ0) is 41.4. The zero-order valence-corrected chi connectivity index (χ0v) is 33.5. The molecule has 3 aliphatic rings. The molecule has 4 bridgehead atoms. The number of nitrogens with zero attached hydrogens (tertiary/aromatic N) is 2. The number of rotatable bonds is 9. The highest BCUT2D eigenvalue weighted by Crippen LogP contribution is 2.35. The van der Waals surface area contributed by atoms with Crippen molar-refractivity contribution in [2.45, 2.75) is 76.9 Å². The number of hydrogen-bond acceptors (Lipinski definition) is 9. The number of carbonyl (C=O) groups excluding carboxylic acids is 6. The highest BCUT2D eigenvalue weighted by molar-refractivity contribution is 5.95. The Balaban J connectivity index is 1.36. The van der Waals surface area contributed by atoms with Crippen LogP contribution in [0.25, 0.3) is 0 Å². The second-order valence-corrected chi connectivity index (χ2v) is 14.4. The summed E-state index contributed by atoms with van der Waals surface area (Å²) in [6, 6.07) is 17.5. The van der Waals surface area contributed by atoms with Gasteiger partial charge in [-0.05, 0) is 81.3 Å². The van der Waals surface area contributed by atoms with Gasteiger partial charge in [-0.15, -0.1) is 0 Å². The van der Waals surface area contributed by atoms with Gasteiger partial charge in [-0.3, -0.25) is 28.8 Å². The molecule has 4 N–H and O–H groups in total. The van der Waals surface area contributed by atoms with Crippen molar-refractivity contribution in [2.24, 2.45) is 0 Å². The van der Waals surface area contributed by atoms with Gasteiger partial charge in [0.05, 0.1) is 20.8 Å². The number of fused-ring (bicyclic) bond motifs is 18. The highest BCUT2D eigenvalue weighted by atomic mass is 16.5. The molecule has 0 spiro atoms. The van der Waals surface area contributed by atoms with Gasteiger partial charge in [-0.1, -0.05) is 30.3 Å². The maximum atomic E-state index is 13.7. The number of hydrogen-bond donors (Lipinski definition) is 4. The largest absolute Gasteiger partial charge is 0.496 e. The minimum atomic E-state index is -1.00. The van der Waals surface area contributed by atoms with Crippen LogP contribution in [0.1, 0.15) is 73.4 Å². The van der Waals surface area contributed by atoms with E-state index < -0.39 is 29.8 Å². The summed E-state index contributed by atoms with van der Waals surface area (Å²) in [5, 5.41) is 11.3. The molecule has 3 aromatic rings. The molecule has 6 amide bonds. The van der Waals surface area contributed by atoms with E-state index in [0.717, 1.165) is 12.0 Å². The summed E-state index contributed by atoms with van der Waals surface area (Å²) in [7, 11) is 2.99. The van der Waals surface area contributed by atoms with Gasteiger partial charge < -0.3 is 45.3 Å². The molecule has 3 aromatic carbocycles. The normalized spacial score (nSPS) is 18.8. The Labute approximate surface area is 339 Å². The first-order valence-electron chi connectivity index (χ1n) is 19.8. The fraction of sp³-hybridized carbons (Fsp3) is 0.442. The minimum Gasteiger partial charge on any atom is -0.496 e. The van der Waals surface area contributed by atoms with E-state index in [4.69, 9.17) is 14.2 Å². The lowest BCUT2D eigenvalue weighted by Crippen LogP contribution is -2.54. The summed E-state index contributed by atoms with van der Waals surface area (Å²) in [5.41, 5.74) is 1.95. The number of carbonyl (C=O) groups is 6. The van der Waals surface area contributed by atoms with E-state index >= 15 is 0 Å². The van der Waals surface area contributed by atoms with E-state index in [-0.39, 0.29) is 50.2 Å². The van der Waals surface area contributed by atoms with Crippen LogP contribution in [0.3, 0.4) is 0 Å². The molecule has 0 saturated carbocycles. The number of methoxy groups -OCH3 is 2. The van der Waals surface area contributed by atoms with Crippen LogP contribution < -0.4 is 35.5 Å². The predicted molar refractivity (Wildman–Crippen MR) is 215 cm³/mol. The number of likely N-dealkylation sites (tertiary alicyclic amines) is 1. The fourth-order valence-corrected chi connectivity index (χ4v) is 6.86. The summed E-state index contributed by atoms with van der Waals surface area (Å²) in [4.78, 5) is 82.8. The number of ether oxygens (including phenoxy) is 3. The summed E-state index contributed by atoms with van der Waals surface area (Å²) < 4.78 is 17.2. The molecule has 310 valence electrons. The molecule has 0 aromatic heterocycles. The number of benzene rings is 3. The molecule has 15 nitrogen and oxygen atoms in total. The topological polar surface area (TPSA) is 185 Å². The van der Waals surface area contributed by atoms with Gasteiger partial charge in [0.1, 0.15) is 23.6 Å². The van der Waals surface area contributed by atoms with Crippen LogP contribution >= 0.6 is 0 Å². The molecule has 1 saturated heterocycles. The van der Waals surface area contributed by atoms with Gasteiger partial charge in [-0.2, -0.15) is 0 Å². The third-order valence-corrected chi connectivity index (χ3v) is 10.2. The van der Waals surface area contributed by atoms with E-state index in [2.05, 4.69) is 21.3 Å². The molecular formula is C43H54N6O9. The summed E-state index contributed by atoms with van der Waals surface area (Å²) in [6.45, 7) is 3.00. The van der Waals surface area contributed by atoms with Crippen LogP contribution in [0.4, 0.5) is 0 Å². The third kappa shape index (κ3) is 12.4. The van der Waals surface area contributed by atoms with Gasteiger partial charge in [0.15, 0.2) is 11.5 Å². The lowest BCUT2D eigenvalue weighted by molar-refractivity contribution is -0.137. The van der Waals surface area contributed by atoms with Crippen LogP contribution in [0, 0.1) is 0 Å².